The van der Waals surface area contributed by atoms with Crippen LogP contribution in [0.25, 0.3) is 0 Å². The minimum Gasteiger partial charge on any atom is -0.324 e. The van der Waals surface area contributed by atoms with E-state index in [0.717, 1.165) is 18.5 Å². The van der Waals surface area contributed by atoms with Gasteiger partial charge in [0.05, 0.1) is 12.6 Å². The van der Waals surface area contributed by atoms with Gasteiger partial charge in [0.1, 0.15) is 0 Å². The van der Waals surface area contributed by atoms with Crippen LogP contribution in [-0.4, -0.2) is 32.2 Å². The largest absolute Gasteiger partial charge is 0.324 e. The molecule has 3 N–H and O–H groups in total. The molecule has 0 radical (unpaired) electrons. The first kappa shape index (κ1) is 18.1. The summed E-state index contributed by atoms with van der Waals surface area (Å²) in [7, 11) is 0. The lowest BCUT2D eigenvalue weighted by molar-refractivity contribution is 0.578. The third-order valence-electron chi connectivity index (χ3n) is 4.08. The average molecular weight is 382 g/mol. The van der Waals surface area contributed by atoms with Crippen LogP contribution in [0.5, 0.6) is 0 Å². The van der Waals surface area contributed by atoms with E-state index in [0.29, 0.717) is 21.8 Å². The zero-order valence-corrected chi connectivity index (χ0v) is 15.3. The normalized spacial score (nSPS) is 16.7. The molecule has 1 aromatic carbocycles. The van der Waals surface area contributed by atoms with Gasteiger partial charge in [-0.1, -0.05) is 53.7 Å². The molecule has 0 saturated heterocycles. The van der Waals surface area contributed by atoms with Crippen molar-refractivity contribution in [3.8, 4) is 0 Å². The Bertz CT molecular complexity index is 716. The highest BCUT2D eigenvalue weighted by atomic mass is 35.5. The number of rotatable bonds is 3. The molecule has 0 bridgehead atoms. The van der Waals surface area contributed by atoms with Gasteiger partial charge in [-0.05, 0) is 36.3 Å². The van der Waals surface area contributed by atoms with E-state index < -0.39 is 0 Å². The number of aromatic nitrogens is 4. The molecule has 1 heterocycles. The van der Waals surface area contributed by atoms with Crippen LogP contribution in [0, 0.1) is 0 Å². The monoisotopic (exact) mass is 381 g/mol. The Morgan fingerprint density at radius 2 is 1.84 bits per heavy atom. The molecule has 0 atom stereocenters. The van der Waals surface area contributed by atoms with Gasteiger partial charge in [0.2, 0.25) is 5.96 Å². The standard InChI is InChI=1S/C16H21Cl2N7/c17-11-7-12(18)9-14(8-11)21-16(25-23-15(10-19)22-24-25)20-13-5-3-1-2-4-6-13/h7-9,13H,1-6,10,19H2,(H,20,21). The maximum Gasteiger partial charge on any atom is 0.244 e. The van der Waals surface area contributed by atoms with Crippen LogP contribution in [-0.2, 0) is 6.54 Å². The molecule has 0 aliphatic heterocycles. The molecule has 134 valence electrons. The van der Waals surface area contributed by atoms with E-state index in [1.807, 2.05) is 0 Å². The molecule has 1 aliphatic carbocycles. The highest BCUT2D eigenvalue weighted by molar-refractivity contribution is 6.35. The molecule has 7 nitrogen and oxygen atoms in total. The molecule has 1 saturated carbocycles. The van der Waals surface area contributed by atoms with E-state index in [9.17, 15) is 0 Å². The van der Waals surface area contributed by atoms with Crippen molar-refractivity contribution in [1.82, 2.24) is 20.2 Å². The Hall–Kier alpha value is -1.70. The van der Waals surface area contributed by atoms with E-state index in [4.69, 9.17) is 33.9 Å². The van der Waals surface area contributed by atoms with Gasteiger partial charge < -0.3 is 11.1 Å². The SMILES string of the molecule is NCc1nnn(C(=NC2CCCCCC2)Nc2cc(Cl)cc(Cl)c2)n1. The van der Waals surface area contributed by atoms with Crippen molar-refractivity contribution in [2.45, 2.75) is 51.1 Å². The van der Waals surface area contributed by atoms with E-state index in [-0.39, 0.29) is 12.6 Å². The summed E-state index contributed by atoms with van der Waals surface area (Å²) in [6.07, 6.45) is 7.00. The van der Waals surface area contributed by atoms with Crippen LogP contribution >= 0.6 is 23.2 Å². The number of nitrogens with two attached hydrogens (primary N) is 1. The van der Waals surface area contributed by atoms with Crippen LogP contribution in [0.3, 0.4) is 0 Å². The molecule has 1 fully saturated rings. The maximum atomic E-state index is 6.09. The molecule has 2 aromatic rings. The zero-order valence-electron chi connectivity index (χ0n) is 13.8. The number of hydrogen-bond donors (Lipinski definition) is 2. The smallest absolute Gasteiger partial charge is 0.244 e. The van der Waals surface area contributed by atoms with Crippen molar-refractivity contribution < 1.29 is 0 Å². The summed E-state index contributed by atoms with van der Waals surface area (Å²) >= 11 is 12.2. The number of nitrogens with zero attached hydrogens (tertiary/aromatic N) is 5. The second kappa shape index (κ2) is 8.60. The molecular weight excluding hydrogens is 361 g/mol. The van der Waals surface area contributed by atoms with Crippen LogP contribution in [0.2, 0.25) is 10.0 Å². The Morgan fingerprint density at radius 3 is 2.44 bits per heavy atom. The zero-order chi connectivity index (χ0) is 17.6. The lowest BCUT2D eigenvalue weighted by atomic mass is 10.1. The molecule has 0 amide bonds. The van der Waals surface area contributed by atoms with Gasteiger partial charge in [-0.25, -0.2) is 4.99 Å². The summed E-state index contributed by atoms with van der Waals surface area (Å²) in [6, 6.07) is 5.46. The average Bonchev–Trinajstić information content (AvgIpc) is 2.91. The lowest BCUT2D eigenvalue weighted by Gasteiger charge is -2.14. The number of nitrogens with one attached hydrogen (secondary N) is 1. The maximum absolute atomic E-state index is 6.09. The molecule has 1 aliphatic rings. The molecule has 9 heteroatoms. The van der Waals surface area contributed by atoms with E-state index >= 15 is 0 Å². The summed E-state index contributed by atoms with van der Waals surface area (Å²) in [4.78, 5) is 6.22. The van der Waals surface area contributed by atoms with E-state index in [1.54, 1.807) is 18.2 Å². The van der Waals surface area contributed by atoms with Gasteiger partial charge in [-0.2, -0.15) is 0 Å². The number of benzene rings is 1. The van der Waals surface area contributed by atoms with Crippen LogP contribution in [0.1, 0.15) is 44.3 Å². The summed E-state index contributed by atoms with van der Waals surface area (Å²) in [6.45, 7) is 0.222. The molecule has 3 rings (SSSR count). The van der Waals surface area contributed by atoms with Crippen LogP contribution in [0.15, 0.2) is 23.2 Å². The van der Waals surface area contributed by atoms with Crippen molar-refractivity contribution in [1.29, 1.82) is 0 Å². The second-order valence-electron chi connectivity index (χ2n) is 6.08. The predicted octanol–water partition coefficient (Wildman–Crippen LogP) is 3.48. The first-order valence-electron chi connectivity index (χ1n) is 8.44. The Balaban J connectivity index is 1.90. The first-order valence-corrected chi connectivity index (χ1v) is 9.20. The number of hydrogen-bond acceptors (Lipinski definition) is 5. The van der Waals surface area contributed by atoms with Crippen molar-refractivity contribution in [3.05, 3.63) is 34.1 Å². The quantitative estimate of drug-likeness (QED) is 0.482. The Morgan fingerprint density at radius 1 is 1.16 bits per heavy atom. The summed E-state index contributed by atoms with van der Waals surface area (Å²) < 4.78 is 0. The fourth-order valence-corrected chi connectivity index (χ4v) is 3.39. The predicted molar refractivity (Wildman–Crippen MR) is 100 cm³/mol. The highest BCUT2D eigenvalue weighted by Crippen LogP contribution is 2.23. The first-order chi connectivity index (χ1) is 12.1. The van der Waals surface area contributed by atoms with E-state index in [1.165, 1.54) is 30.5 Å². The lowest BCUT2D eigenvalue weighted by Crippen LogP contribution is -2.27. The summed E-state index contributed by atoms with van der Waals surface area (Å²) in [5.74, 6) is 0.955. The minimum absolute atomic E-state index is 0.222. The van der Waals surface area contributed by atoms with E-state index in [2.05, 4.69) is 20.7 Å². The molecule has 0 spiro atoms. The van der Waals surface area contributed by atoms with Crippen LogP contribution < -0.4 is 11.1 Å². The molecule has 25 heavy (non-hydrogen) atoms. The van der Waals surface area contributed by atoms with Crippen LogP contribution in [0.4, 0.5) is 5.69 Å². The number of halogens is 2. The topological polar surface area (TPSA) is 94.0 Å². The van der Waals surface area contributed by atoms with Gasteiger partial charge in [0.15, 0.2) is 5.82 Å². The van der Waals surface area contributed by atoms with Crippen molar-refractivity contribution >= 4 is 34.8 Å². The minimum atomic E-state index is 0.222. The molecule has 1 aromatic heterocycles. The molecule has 0 unspecified atom stereocenters. The fraction of sp³-hybridized carbons (Fsp3) is 0.500. The third-order valence-corrected chi connectivity index (χ3v) is 4.51. The Kier molecular flexibility index (Phi) is 6.23. The van der Waals surface area contributed by atoms with Gasteiger partial charge in [-0.15, -0.1) is 10.2 Å². The highest BCUT2D eigenvalue weighted by Gasteiger charge is 2.16. The fourth-order valence-electron chi connectivity index (χ4n) is 2.86. The number of anilines is 1. The number of aliphatic imine (C=N–C) groups is 1. The summed E-state index contributed by atoms with van der Waals surface area (Å²) in [5, 5.41) is 16.6. The van der Waals surface area contributed by atoms with Crippen molar-refractivity contribution in [2.75, 3.05) is 5.32 Å². The van der Waals surface area contributed by atoms with Gasteiger partial charge in [0, 0.05) is 15.7 Å². The van der Waals surface area contributed by atoms with Gasteiger partial charge in [0.25, 0.3) is 0 Å². The second-order valence-corrected chi connectivity index (χ2v) is 6.95. The van der Waals surface area contributed by atoms with Gasteiger partial charge in [-0.3, -0.25) is 0 Å². The third kappa shape index (κ3) is 5.14. The summed E-state index contributed by atoms with van der Waals surface area (Å²) in [5.41, 5.74) is 6.31. The Labute approximate surface area is 156 Å². The number of tetrazole rings is 1. The van der Waals surface area contributed by atoms with Crippen molar-refractivity contribution in [3.63, 3.8) is 0 Å². The van der Waals surface area contributed by atoms with Gasteiger partial charge >= 0.3 is 0 Å². The molecular formula is C16H21Cl2N7. The van der Waals surface area contributed by atoms with Crippen molar-refractivity contribution in [2.24, 2.45) is 10.7 Å².